The Bertz CT molecular complexity index is 805. The maximum Gasteiger partial charge on any atom is 0.408 e. The Morgan fingerprint density at radius 1 is 1.03 bits per heavy atom. The number of rotatable bonds is 15. The van der Waals surface area contributed by atoms with Gasteiger partial charge in [0.05, 0.1) is 17.7 Å². The van der Waals surface area contributed by atoms with Crippen molar-refractivity contribution in [3.8, 4) is 0 Å². The molecule has 2 rings (SSSR count). The Balaban J connectivity index is 1.83. The molecule has 10 heteroatoms. The SMILES string of the molecule is CCCCCCCCCCCNC(=O)N[C@H]1CN([C@H](c2ccc(C(=O)O)cc2)C(F)(F)F)C[C@@H]1OC. The summed E-state index contributed by atoms with van der Waals surface area (Å²) in [6, 6.07) is 1.73. The van der Waals surface area contributed by atoms with Crippen molar-refractivity contribution < 1.29 is 32.6 Å². The molecule has 0 aromatic heterocycles. The summed E-state index contributed by atoms with van der Waals surface area (Å²) >= 11 is 0. The van der Waals surface area contributed by atoms with E-state index in [4.69, 9.17) is 9.84 Å². The number of nitrogens with zero attached hydrogens (tertiary/aromatic N) is 1. The summed E-state index contributed by atoms with van der Waals surface area (Å²) in [5, 5.41) is 14.6. The highest BCUT2D eigenvalue weighted by Crippen LogP contribution is 2.39. The molecule has 0 bridgehead atoms. The van der Waals surface area contributed by atoms with E-state index in [1.165, 1.54) is 62.7 Å². The molecule has 1 aliphatic rings. The Kier molecular flexibility index (Phi) is 12.5. The number of hydrogen-bond donors (Lipinski definition) is 3. The number of amides is 2. The zero-order valence-electron chi connectivity index (χ0n) is 21.3. The maximum atomic E-state index is 14.0. The second-order valence-corrected chi connectivity index (χ2v) is 9.43. The molecule has 0 aliphatic carbocycles. The number of benzene rings is 1. The van der Waals surface area contributed by atoms with Gasteiger partial charge in [0, 0.05) is 26.7 Å². The van der Waals surface area contributed by atoms with Crippen LogP contribution in [0.15, 0.2) is 24.3 Å². The highest BCUT2D eigenvalue weighted by Gasteiger charge is 2.49. The maximum absolute atomic E-state index is 14.0. The molecule has 204 valence electrons. The molecule has 7 nitrogen and oxygen atoms in total. The number of nitrogens with one attached hydrogen (secondary N) is 2. The van der Waals surface area contributed by atoms with Crippen molar-refractivity contribution in [1.82, 2.24) is 15.5 Å². The third-order valence-electron chi connectivity index (χ3n) is 6.63. The number of likely N-dealkylation sites (tertiary alicyclic amines) is 1. The van der Waals surface area contributed by atoms with Gasteiger partial charge in [-0.05, 0) is 24.1 Å². The molecule has 1 aromatic carbocycles. The number of alkyl halides is 3. The Morgan fingerprint density at radius 2 is 1.61 bits per heavy atom. The average Bonchev–Trinajstić information content (AvgIpc) is 3.21. The first-order chi connectivity index (χ1) is 17.2. The van der Waals surface area contributed by atoms with E-state index >= 15 is 0 Å². The van der Waals surface area contributed by atoms with Gasteiger partial charge in [-0.15, -0.1) is 0 Å². The van der Waals surface area contributed by atoms with Crippen molar-refractivity contribution in [2.24, 2.45) is 0 Å². The topological polar surface area (TPSA) is 90.9 Å². The molecular formula is C26H40F3N3O4. The van der Waals surface area contributed by atoms with E-state index in [9.17, 15) is 22.8 Å². The van der Waals surface area contributed by atoms with Gasteiger partial charge in [0.2, 0.25) is 0 Å². The van der Waals surface area contributed by atoms with Crippen LogP contribution in [0.3, 0.4) is 0 Å². The van der Waals surface area contributed by atoms with Gasteiger partial charge >= 0.3 is 18.2 Å². The largest absolute Gasteiger partial charge is 0.478 e. The molecule has 0 radical (unpaired) electrons. The van der Waals surface area contributed by atoms with Gasteiger partial charge in [0.25, 0.3) is 0 Å². The quantitative estimate of drug-likeness (QED) is 0.268. The summed E-state index contributed by atoms with van der Waals surface area (Å²) in [5.74, 6) is -1.21. The number of carboxylic acids is 1. The number of halogens is 3. The average molecular weight is 516 g/mol. The normalized spacial score (nSPS) is 19.2. The van der Waals surface area contributed by atoms with Crippen LogP contribution < -0.4 is 10.6 Å². The molecule has 0 unspecified atom stereocenters. The van der Waals surface area contributed by atoms with E-state index < -0.39 is 36.4 Å². The predicted molar refractivity (Wildman–Crippen MR) is 132 cm³/mol. The summed E-state index contributed by atoms with van der Waals surface area (Å²) in [7, 11) is 1.41. The number of carbonyl (C=O) groups is 2. The molecule has 1 fully saturated rings. The minimum Gasteiger partial charge on any atom is -0.478 e. The summed E-state index contributed by atoms with van der Waals surface area (Å²) in [5.41, 5.74) is -0.142. The van der Waals surface area contributed by atoms with Crippen LogP contribution in [0.25, 0.3) is 0 Å². The van der Waals surface area contributed by atoms with Crippen molar-refractivity contribution in [2.45, 2.75) is 89.1 Å². The summed E-state index contributed by atoms with van der Waals surface area (Å²) in [6.07, 6.45) is 5.36. The first kappa shape index (κ1) is 29.9. The zero-order chi connectivity index (χ0) is 26.6. The zero-order valence-corrected chi connectivity index (χ0v) is 21.3. The van der Waals surface area contributed by atoms with E-state index in [0.29, 0.717) is 6.54 Å². The van der Waals surface area contributed by atoms with E-state index in [-0.39, 0.29) is 24.2 Å². The van der Waals surface area contributed by atoms with Crippen molar-refractivity contribution in [3.05, 3.63) is 35.4 Å². The lowest BCUT2D eigenvalue weighted by molar-refractivity contribution is -0.184. The van der Waals surface area contributed by atoms with Gasteiger partial charge in [-0.25, -0.2) is 9.59 Å². The van der Waals surface area contributed by atoms with Crippen LogP contribution in [0, 0.1) is 0 Å². The molecule has 1 aromatic rings. The second-order valence-electron chi connectivity index (χ2n) is 9.43. The number of carbonyl (C=O) groups excluding carboxylic acids is 1. The van der Waals surface area contributed by atoms with E-state index in [0.717, 1.165) is 31.4 Å². The standard InChI is InChI=1S/C26H40F3N3O4/c1-3-4-5-6-7-8-9-10-11-16-30-25(35)31-21-17-32(18-22(21)36-2)23(26(27,28)29)19-12-14-20(15-13-19)24(33)34/h12-15,21-23H,3-11,16-18H2,1-2H3,(H,33,34)(H2,30,31,35)/t21-,22-,23+/m0/s1. The lowest BCUT2D eigenvalue weighted by atomic mass is 10.0. The number of carboxylic acid groups (broad SMARTS) is 1. The van der Waals surface area contributed by atoms with Gasteiger partial charge in [-0.3, -0.25) is 4.90 Å². The fourth-order valence-electron chi connectivity index (χ4n) is 4.66. The van der Waals surface area contributed by atoms with Gasteiger partial charge in [0.15, 0.2) is 0 Å². The van der Waals surface area contributed by atoms with Crippen LogP contribution in [0.5, 0.6) is 0 Å². The van der Waals surface area contributed by atoms with Crippen LogP contribution in [0.2, 0.25) is 0 Å². The number of unbranched alkanes of at least 4 members (excludes halogenated alkanes) is 8. The Labute approximate surface area is 211 Å². The monoisotopic (exact) mass is 515 g/mol. The van der Waals surface area contributed by atoms with E-state index in [2.05, 4.69) is 17.6 Å². The first-order valence-corrected chi connectivity index (χ1v) is 12.9. The second kappa shape index (κ2) is 15.0. The minimum atomic E-state index is -4.59. The number of aromatic carboxylic acids is 1. The molecule has 1 saturated heterocycles. The number of hydrogen-bond acceptors (Lipinski definition) is 4. The lowest BCUT2D eigenvalue weighted by Gasteiger charge is -2.30. The Hall–Kier alpha value is -2.33. The fraction of sp³-hybridized carbons (Fsp3) is 0.692. The van der Waals surface area contributed by atoms with E-state index in [1.807, 2.05) is 0 Å². The van der Waals surface area contributed by atoms with Crippen LogP contribution in [0.1, 0.15) is 86.7 Å². The summed E-state index contributed by atoms with van der Waals surface area (Å²) in [4.78, 5) is 24.6. The molecule has 1 aliphatic heterocycles. The van der Waals surface area contributed by atoms with Crippen LogP contribution in [-0.2, 0) is 4.74 Å². The van der Waals surface area contributed by atoms with Gasteiger partial charge in [-0.2, -0.15) is 13.2 Å². The molecule has 2 amide bonds. The van der Waals surface area contributed by atoms with Crippen LogP contribution in [-0.4, -0.2) is 67.1 Å². The molecule has 36 heavy (non-hydrogen) atoms. The molecule has 3 N–H and O–H groups in total. The number of methoxy groups -OCH3 is 1. The highest BCUT2D eigenvalue weighted by molar-refractivity contribution is 5.87. The number of ether oxygens (including phenoxy) is 1. The van der Waals surface area contributed by atoms with Gasteiger partial charge in [0.1, 0.15) is 6.04 Å². The van der Waals surface area contributed by atoms with Crippen LogP contribution in [0.4, 0.5) is 18.0 Å². The van der Waals surface area contributed by atoms with Crippen molar-refractivity contribution in [3.63, 3.8) is 0 Å². The van der Waals surface area contributed by atoms with Gasteiger partial charge in [-0.1, -0.05) is 70.4 Å². The van der Waals surface area contributed by atoms with Crippen molar-refractivity contribution >= 4 is 12.0 Å². The molecule has 0 spiro atoms. The minimum absolute atomic E-state index is 0.0233. The molecule has 1 heterocycles. The molecule has 0 saturated carbocycles. The van der Waals surface area contributed by atoms with Crippen molar-refractivity contribution in [1.29, 1.82) is 0 Å². The lowest BCUT2D eigenvalue weighted by Crippen LogP contribution is -2.48. The summed E-state index contributed by atoms with van der Waals surface area (Å²) in [6.45, 7) is 2.64. The molecule has 3 atom stereocenters. The third kappa shape index (κ3) is 9.61. The highest BCUT2D eigenvalue weighted by atomic mass is 19.4. The van der Waals surface area contributed by atoms with Gasteiger partial charge < -0.3 is 20.5 Å². The summed E-state index contributed by atoms with van der Waals surface area (Å²) < 4.78 is 47.4. The third-order valence-corrected chi connectivity index (χ3v) is 6.63. The first-order valence-electron chi connectivity index (χ1n) is 12.9. The molecular weight excluding hydrogens is 475 g/mol. The Morgan fingerprint density at radius 3 is 2.14 bits per heavy atom. The predicted octanol–water partition coefficient (Wildman–Crippen LogP) is 5.52. The van der Waals surface area contributed by atoms with Crippen molar-refractivity contribution in [2.75, 3.05) is 26.7 Å². The van der Waals surface area contributed by atoms with E-state index in [1.54, 1.807) is 0 Å². The number of urea groups is 1. The smallest absolute Gasteiger partial charge is 0.408 e. The van der Waals surface area contributed by atoms with Crippen LogP contribution >= 0.6 is 0 Å². The fourth-order valence-corrected chi connectivity index (χ4v) is 4.66.